The molecule has 0 spiro atoms. The molecule has 1 unspecified atom stereocenters. The molecule has 2 N–H and O–H groups in total. The van der Waals surface area contributed by atoms with Crippen LogP contribution >= 0.6 is 0 Å². The highest BCUT2D eigenvalue weighted by atomic mass is 16.5. The molecule has 0 fully saturated rings. The van der Waals surface area contributed by atoms with Crippen LogP contribution in [-0.4, -0.2) is 25.5 Å². The molecule has 0 aliphatic heterocycles. The maximum Gasteiger partial charge on any atom is 0.214 e. The molecule has 13 heavy (non-hydrogen) atoms. The summed E-state index contributed by atoms with van der Waals surface area (Å²) in [5.41, 5.74) is 5.60. The highest BCUT2D eigenvalue weighted by molar-refractivity contribution is 5.97. The summed E-state index contributed by atoms with van der Waals surface area (Å²) in [6.07, 6.45) is 1.96. The highest BCUT2D eigenvalue weighted by Crippen LogP contribution is 2.05. The lowest BCUT2D eigenvalue weighted by Gasteiger charge is -2.06. The number of rotatable bonds is 5. The molecule has 72 valence electrons. The van der Waals surface area contributed by atoms with Crippen LogP contribution in [0.1, 0.15) is 17.0 Å². The Bertz CT molecular complexity index is 256. The summed E-state index contributed by atoms with van der Waals surface area (Å²) in [4.78, 5) is 11.4. The Morgan fingerprint density at radius 1 is 1.77 bits per heavy atom. The molecule has 0 aliphatic rings. The number of carbonyl (C=O) groups is 1. The zero-order valence-corrected chi connectivity index (χ0v) is 7.53. The molecule has 0 aromatic carbocycles. The average Bonchev–Trinajstić information content (AvgIpc) is 2.65. The van der Waals surface area contributed by atoms with Crippen molar-refractivity contribution in [2.75, 3.05) is 13.7 Å². The molecule has 0 amide bonds. The van der Waals surface area contributed by atoms with Crippen molar-refractivity contribution < 1.29 is 13.9 Å². The van der Waals surface area contributed by atoms with E-state index < -0.39 is 6.04 Å². The van der Waals surface area contributed by atoms with Crippen molar-refractivity contribution in [3.63, 3.8) is 0 Å². The number of Topliss-reactive ketones (excluding diaryl/α,β-unsaturated/α-hetero) is 1. The maximum atomic E-state index is 11.4. The summed E-state index contributed by atoms with van der Waals surface area (Å²) in [6.45, 7) is 0.480. The van der Waals surface area contributed by atoms with E-state index >= 15 is 0 Å². The van der Waals surface area contributed by atoms with Gasteiger partial charge in [-0.15, -0.1) is 0 Å². The van der Waals surface area contributed by atoms with E-state index in [0.717, 1.165) is 0 Å². The third-order valence-corrected chi connectivity index (χ3v) is 1.73. The molecule has 1 heterocycles. The minimum atomic E-state index is -0.536. The molecule has 0 aliphatic carbocycles. The minimum Gasteiger partial charge on any atom is -0.461 e. The Kier molecular flexibility index (Phi) is 3.67. The van der Waals surface area contributed by atoms with Gasteiger partial charge in [0.05, 0.1) is 12.3 Å². The fourth-order valence-corrected chi connectivity index (χ4v) is 0.977. The second-order valence-electron chi connectivity index (χ2n) is 2.73. The molecule has 0 saturated carbocycles. The van der Waals surface area contributed by atoms with Crippen LogP contribution in [0.3, 0.4) is 0 Å². The monoisotopic (exact) mass is 183 g/mol. The van der Waals surface area contributed by atoms with Crippen molar-refractivity contribution in [1.29, 1.82) is 0 Å². The van der Waals surface area contributed by atoms with Gasteiger partial charge in [-0.25, -0.2) is 0 Å². The van der Waals surface area contributed by atoms with Gasteiger partial charge in [-0.3, -0.25) is 4.79 Å². The molecular formula is C9H13NO3. The number of carbonyl (C=O) groups excluding carboxylic acids is 1. The van der Waals surface area contributed by atoms with Gasteiger partial charge in [-0.05, 0) is 18.6 Å². The number of furan rings is 1. The molecule has 4 heteroatoms. The molecule has 0 radical (unpaired) electrons. The van der Waals surface area contributed by atoms with E-state index in [0.29, 0.717) is 18.8 Å². The lowest BCUT2D eigenvalue weighted by atomic mass is 10.1. The first-order valence-electron chi connectivity index (χ1n) is 4.08. The second-order valence-corrected chi connectivity index (χ2v) is 2.73. The summed E-state index contributed by atoms with van der Waals surface area (Å²) in [5.74, 6) is 0.130. The Morgan fingerprint density at radius 2 is 2.54 bits per heavy atom. The van der Waals surface area contributed by atoms with E-state index in [2.05, 4.69) is 0 Å². The van der Waals surface area contributed by atoms with Gasteiger partial charge < -0.3 is 14.9 Å². The lowest BCUT2D eigenvalue weighted by Crippen LogP contribution is -2.31. The summed E-state index contributed by atoms with van der Waals surface area (Å²) in [7, 11) is 1.57. The largest absolute Gasteiger partial charge is 0.461 e. The van der Waals surface area contributed by atoms with Crippen LogP contribution in [0.15, 0.2) is 22.8 Å². The van der Waals surface area contributed by atoms with Crippen LogP contribution in [0.2, 0.25) is 0 Å². The number of hydrogen-bond donors (Lipinski definition) is 1. The normalized spacial score (nSPS) is 12.8. The first kappa shape index (κ1) is 9.95. The van der Waals surface area contributed by atoms with E-state index in [1.165, 1.54) is 6.26 Å². The standard InChI is InChI=1S/C9H13NO3/c1-12-6-4-7(10)9(11)8-3-2-5-13-8/h2-3,5,7H,4,6,10H2,1H3. The minimum absolute atomic E-state index is 0.179. The molecule has 1 rings (SSSR count). The predicted octanol–water partition coefficient (Wildman–Crippen LogP) is 0.826. The molecule has 0 saturated heterocycles. The Balaban J connectivity index is 2.48. The van der Waals surface area contributed by atoms with Gasteiger partial charge in [0.1, 0.15) is 0 Å². The Hall–Kier alpha value is -1.13. The zero-order valence-electron chi connectivity index (χ0n) is 7.53. The summed E-state index contributed by atoms with van der Waals surface area (Å²) in [6, 6.07) is 2.73. The number of ether oxygens (including phenoxy) is 1. The van der Waals surface area contributed by atoms with Crippen LogP contribution in [0.4, 0.5) is 0 Å². The van der Waals surface area contributed by atoms with E-state index in [1.807, 2.05) is 0 Å². The van der Waals surface area contributed by atoms with E-state index in [1.54, 1.807) is 19.2 Å². The summed E-state index contributed by atoms with van der Waals surface area (Å²) < 4.78 is 9.74. The third-order valence-electron chi connectivity index (χ3n) is 1.73. The van der Waals surface area contributed by atoms with Gasteiger partial charge in [0, 0.05) is 13.7 Å². The highest BCUT2D eigenvalue weighted by Gasteiger charge is 2.17. The smallest absolute Gasteiger partial charge is 0.214 e. The number of ketones is 1. The van der Waals surface area contributed by atoms with Gasteiger partial charge in [0.2, 0.25) is 5.78 Å². The zero-order chi connectivity index (χ0) is 9.68. The molecule has 0 bridgehead atoms. The summed E-state index contributed by atoms with van der Waals surface area (Å²) >= 11 is 0. The van der Waals surface area contributed by atoms with E-state index in [4.69, 9.17) is 14.9 Å². The van der Waals surface area contributed by atoms with Gasteiger partial charge in [0.15, 0.2) is 5.76 Å². The molecule has 1 aromatic heterocycles. The van der Waals surface area contributed by atoms with Crippen molar-refractivity contribution in [3.8, 4) is 0 Å². The number of nitrogens with two attached hydrogens (primary N) is 1. The van der Waals surface area contributed by atoms with Gasteiger partial charge in [-0.1, -0.05) is 0 Å². The van der Waals surface area contributed by atoms with Crippen LogP contribution in [0, 0.1) is 0 Å². The van der Waals surface area contributed by atoms with Crippen molar-refractivity contribution in [1.82, 2.24) is 0 Å². The van der Waals surface area contributed by atoms with E-state index in [-0.39, 0.29) is 5.78 Å². The molecule has 1 atom stereocenters. The molecule has 1 aromatic rings. The van der Waals surface area contributed by atoms with Crippen molar-refractivity contribution in [3.05, 3.63) is 24.2 Å². The lowest BCUT2D eigenvalue weighted by molar-refractivity contribution is 0.0908. The van der Waals surface area contributed by atoms with Gasteiger partial charge in [-0.2, -0.15) is 0 Å². The second kappa shape index (κ2) is 4.79. The number of methoxy groups -OCH3 is 1. The van der Waals surface area contributed by atoms with Crippen LogP contribution in [-0.2, 0) is 4.74 Å². The summed E-state index contributed by atoms with van der Waals surface area (Å²) in [5, 5.41) is 0. The van der Waals surface area contributed by atoms with Crippen LogP contribution < -0.4 is 5.73 Å². The fourth-order valence-electron chi connectivity index (χ4n) is 0.977. The van der Waals surface area contributed by atoms with Gasteiger partial charge in [0.25, 0.3) is 0 Å². The average molecular weight is 183 g/mol. The third kappa shape index (κ3) is 2.68. The van der Waals surface area contributed by atoms with E-state index in [9.17, 15) is 4.79 Å². The van der Waals surface area contributed by atoms with Crippen molar-refractivity contribution >= 4 is 5.78 Å². The quantitative estimate of drug-likeness (QED) is 0.686. The van der Waals surface area contributed by atoms with Crippen LogP contribution in [0.25, 0.3) is 0 Å². The fraction of sp³-hybridized carbons (Fsp3) is 0.444. The van der Waals surface area contributed by atoms with Crippen LogP contribution in [0.5, 0.6) is 0 Å². The number of hydrogen-bond acceptors (Lipinski definition) is 4. The van der Waals surface area contributed by atoms with Crippen molar-refractivity contribution in [2.45, 2.75) is 12.5 Å². The molecule has 4 nitrogen and oxygen atoms in total. The maximum absolute atomic E-state index is 11.4. The first-order valence-corrected chi connectivity index (χ1v) is 4.08. The Morgan fingerprint density at radius 3 is 3.08 bits per heavy atom. The first-order chi connectivity index (χ1) is 6.25. The molecular weight excluding hydrogens is 170 g/mol. The SMILES string of the molecule is COCCC(N)C(=O)c1ccco1. The topological polar surface area (TPSA) is 65.5 Å². The Labute approximate surface area is 76.7 Å². The van der Waals surface area contributed by atoms with Gasteiger partial charge >= 0.3 is 0 Å². The van der Waals surface area contributed by atoms with Crippen molar-refractivity contribution in [2.24, 2.45) is 5.73 Å². The predicted molar refractivity (Wildman–Crippen MR) is 47.5 cm³/mol.